The van der Waals surface area contributed by atoms with Crippen molar-refractivity contribution in [2.24, 2.45) is 0 Å². The fourth-order valence-electron chi connectivity index (χ4n) is 2.56. The van der Waals surface area contributed by atoms with Crippen molar-refractivity contribution >= 4 is 5.97 Å². The maximum Gasteiger partial charge on any atom is 0.320 e. The highest BCUT2D eigenvalue weighted by atomic mass is 16.5. The molecule has 2 N–H and O–H groups in total. The van der Waals surface area contributed by atoms with Gasteiger partial charge in [0, 0.05) is 0 Å². The fraction of sp³-hybridized carbons (Fsp3) is 0.381. The highest BCUT2D eigenvalue weighted by Crippen LogP contribution is 2.14. The maximum atomic E-state index is 10.7. The zero-order chi connectivity index (χ0) is 17.9. The van der Waals surface area contributed by atoms with Crippen molar-refractivity contribution in [1.82, 2.24) is 5.32 Å². The van der Waals surface area contributed by atoms with E-state index in [1.165, 1.54) is 11.1 Å². The van der Waals surface area contributed by atoms with E-state index in [1.54, 1.807) is 6.92 Å². The Morgan fingerprint density at radius 2 is 1.64 bits per heavy atom. The molecule has 4 nitrogen and oxygen atoms in total. The van der Waals surface area contributed by atoms with Crippen molar-refractivity contribution in [3.05, 3.63) is 65.7 Å². The van der Waals surface area contributed by atoms with Crippen LogP contribution in [0.5, 0.6) is 5.75 Å². The summed E-state index contributed by atoms with van der Waals surface area (Å²) in [7, 11) is 0. The minimum absolute atomic E-state index is 0.494. The van der Waals surface area contributed by atoms with Gasteiger partial charge in [0.1, 0.15) is 11.8 Å². The number of carboxylic acid groups (broad SMARTS) is 1. The van der Waals surface area contributed by atoms with Crippen LogP contribution in [0.2, 0.25) is 0 Å². The van der Waals surface area contributed by atoms with Gasteiger partial charge in [-0.05, 0) is 62.4 Å². The first-order valence-corrected chi connectivity index (χ1v) is 8.87. The molecular formula is C21H27NO3. The summed E-state index contributed by atoms with van der Waals surface area (Å²) in [6.07, 6.45) is 3.86. The molecule has 1 unspecified atom stereocenters. The summed E-state index contributed by atoms with van der Waals surface area (Å²) in [6.45, 7) is 3.07. The van der Waals surface area contributed by atoms with Crippen molar-refractivity contribution in [3.8, 4) is 5.75 Å². The summed E-state index contributed by atoms with van der Waals surface area (Å²) in [5.74, 6) is 0.0863. The van der Waals surface area contributed by atoms with E-state index in [4.69, 9.17) is 9.84 Å². The second kappa shape index (κ2) is 10.5. The highest BCUT2D eigenvalue weighted by molar-refractivity contribution is 5.72. The van der Waals surface area contributed by atoms with Gasteiger partial charge in [0.15, 0.2) is 0 Å². The van der Waals surface area contributed by atoms with E-state index in [0.717, 1.165) is 31.4 Å². The Balaban J connectivity index is 1.61. The van der Waals surface area contributed by atoms with Crippen LogP contribution in [-0.4, -0.2) is 30.3 Å². The zero-order valence-electron chi connectivity index (χ0n) is 14.8. The molecule has 2 aromatic rings. The molecule has 1 atom stereocenters. The normalized spacial score (nSPS) is 11.9. The van der Waals surface area contributed by atoms with Gasteiger partial charge in [-0.25, -0.2) is 0 Å². The number of rotatable bonds is 11. The molecule has 0 aliphatic carbocycles. The molecule has 0 aliphatic heterocycles. The maximum absolute atomic E-state index is 10.7. The number of aliphatic carboxylic acids is 1. The SMILES string of the molecule is CC(NCCCc1ccc(OCCCc2ccccc2)cc1)C(=O)O. The van der Waals surface area contributed by atoms with Crippen LogP contribution in [0.3, 0.4) is 0 Å². The fourth-order valence-corrected chi connectivity index (χ4v) is 2.56. The third kappa shape index (κ3) is 7.40. The first kappa shape index (κ1) is 19.0. The van der Waals surface area contributed by atoms with Crippen LogP contribution < -0.4 is 10.1 Å². The Labute approximate surface area is 149 Å². The predicted molar refractivity (Wildman–Crippen MR) is 100 cm³/mol. The molecule has 2 aromatic carbocycles. The number of carboxylic acids is 1. The number of carbonyl (C=O) groups is 1. The molecule has 0 saturated carbocycles. The molecule has 0 aromatic heterocycles. The van der Waals surface area contributed by atoms with E-state index in [1.807, 2.05) is 18.2 Å². The summed E-state index contributed by atoms with van der Waals surface area (Å²) >= 11 is 0. The molecule has 0 amide bonds. The van der Waals surface area contributed by atoms with Crippen molar-refractivity contribution < 1.29 is 14.6 Å². The number of benzene rings is 2. The summed E-state index contributed by atoms with van der Waals surface area (Å²) in [6, 6.07) is 18.1. The van der Waals surface area contributed by atoms with Crippen molar-refractivity contribution in [2.45, 2.75) is 38.6 Å². The molecule has 0 bridgehead atoms. The van der Waals surface area contributed by atoms with Crippen LogP contribution >= 0.6 is 0 Å². The smallest absolute Gasteiger partial charge is 0.320 e. The molecule has 0 aliphatic rings. The van der Waals surface area contributed by atoms with E-state index >= 15 is 0 Å². The van der Waals surface area contributed by atoms with Crippen molar-refractivity contribution in [1.29, 1.82) is 0 Å². The molecule has 0 radical (unpaired) electrons. The average molecular weight is 341 g/mol. The van der Waals surface area contributed by atoms with Gasteiger partial charge in [-0.1, -0.05) is 42.5 Å². The molecule has 134 valence electrons. The molecule has 0 heterocycles. The third-order valence-electron chi connectivity index (χ3n) is 4.11. The van der Waals surface area contributed by atoms with Gasteiger partial charge in [0.2, 0.25) is 0 Å². The second-order valence-electron chi connectivity index (χ2n) is 6.20. The van der Waals surface area contributed by atoms with Crippen LogP contribution in [0.1, 0.15) is 30.9 Å². The molecule has 4 heteroatoms. The summed E-state index contributed by atoms with van der Waals surface area (Å²) < 4.78 is 5.79. The molecular weight excluding hydrogens is 314 g/mol. The van der Waals surface area contributed by atoms with E-state index in [2.05, 4.69) is 41.7 Å². The van der Waals surface area contributed by atoms with Gasteiger partial charge in [-0.15, -0.1) is 0 Å². The minimum atomic E-state index is -0.811. The second-order valence-corrected chi connectivity index (χ2v) is 6.20. The zero-order valence-corrected chi connectivity index (χ0v) is 14.8. The van der Waals surface area contributed by atoms with Crippen LogP contribution in [0.15, 0.2) is 54.6 Å². The van der Waals surface area contributed by atoms with Gasteiger partial charge >= 0.3 is 5.97 Å². The van der Waals surface area contributed by atoms with Crippen LogP contribution in [0.25, 0.3) is 0 Å². The Bertz CT molecular complexity index is 625. The lowest BCUT2D eigenvalue weighted by Gasteiger charge is -2.09. The lowest BCUT2D eigenvalue weighted by Crippen LogP contribution is -2.34. The van der Waals surface area contributed by atoms with E-state index < -0.39 is 12.0 Å². The van der Waals surface area contributed by atoms with Gasteiger partial charge in [0.25, 0.3) is 0 Å². The topological polar surface area (TPSA) is 58.6 Å². The van der Waals surface area contributed by atoms with Gasteiger partial charge < -0.3 is 15.2 Å². The van der Waals surface area contributed by atoms with Crippen molar-refractivity contribution in [2.75, 3.05) is 13.2 Å². The average Bonchev–Trinajstić information content (AvgIpc) is 2.64. The van der Waals surface area contributed by atoms with E-state index in [9.17, 15) is 4.79 Å². The number of aryl methyl sites for hydroxylation is 2. The van der Waals surface area contributed by atoms with Crippen LogP contribution in [0.4, 0.5) is 0 Å². The van der Waals surface area contributed by atoms with Gasteiger partial charge in [-0.2, -0.15) is 0 Å². The van der Waals surface area contributed by atoms with E-state index in [-0.39, 0.29) is 0 Å². The number of nitrogens with one attached hydrogen (secondary N) is 1. The molecule has 2 rings (SSSR count). The first-order valence-electron chi connectivity index (χ1n) is 8.87. The Hall–Kier alpha value is -2.33. The highest BCUT2D eigenvalue weighted by Gasteiger charge is 2.08. The lowest BCUT2D eigenvalue weighted by molar-refractivity contribution is -0.138. The minimum Gasteiger partial charge on any atom is -0.494 e. The number of hydrogen-bond donors (Lipinski definition) is 2. The van der Waals surface area contributed by atoms with Gasteiger partial charge in [-0.3, -0.25) is 4.79 Å². The third-order valence-corrected chi connectivity index (χ3v) is 4.11. The van der Waals surface area contributed by atoms with Crippen LogP contribution in [0, 0.1) is 0 Å². The van der Waals surface area contributed by atoms with Gasteiger partial charge in [0.05, 0.1) is 6.61 Å². The Morgan fingerprint density at radius 1 is 1.00 bits per heavy atom. The largest absolute Gasteiger partial charge is 0.494 e. The monoisotopic (exact) mass is 341 g/mol. The van der Waals surface area contributed by atoms with Crippen LogP contribution in [-0.2, 0) is 17.6 Å². The number of hydrogen-bond acceptors (Lipinski definition) is 3. The molecule has 25 heavy (non-hydrogen) atoms. The summed E-state index contributed by atoms with van der Waals surface area (Å²) in [5.41, 5.74) is 2.58. The molecule has 0 saturated heterocycles. The van der Waals surface area contributed by atoms with E-state index in [0.29, 0.717) is 13.2 Å². The quantitative estimate of drug-likeness (QED) is 0.612. The lowest BCUT2D eigenvalue weighted by atomic mass is 10.1. The molecule has 0 fully saturated rings. The molecule has 0 spiro atoms. The van der Waals surface area contributed by atoms with Crippen molar-refractivity contribution in [3.63, 3.8) is 0 Å². The predicted octanol–water partition coefficient (Wildman–Crippen LogP) is 3.69. The summed E-state index contributed by atoms with van der Waals surface area (Å²) in [5, 5.41) is 11.8. The Kier molecular flexibility index (Phi) is 7.99. The summed E-state index contributed by atoms with van der Waals surface area (Å²) in [4.78, 5) is 10.7. The standard InChI is InChI=1S/C21H27NO3/c1-17(21(23)24)22-15-5-9-19-11-13-20(14-12-19)25-16-6-10-18-7-3-2-4-8-18/h2-4,7-8,11-14,17,22H,5-6,9-10,15-16H2,1H3,(H,23,24). The number of ether oxygens (including phenoxy) is 1. The Morgan fingerprint density at radius 3 is 2.32 bits per heavy atom. The first-order chi connectivity index (χ1) is 12.1.